The zero-order chi connectivity index (χ0) is 16.0. The molecule has 5 nitrogen and oxygen atoms in total. The van der Waals surface area contributed by atoms with Crippen LogP contribution < -0.4 is 10.2 Å². The van der Waals surface area contributed by atoms with E-state index in [0.29, 0.717) is 17.4 Å². The molecular formula is C17H23N3O2. The van der Waals surface area contributed by atoms with E-state index < -0.39 is 0 Å². The summed E-state index contributed by atoms with van der Waals surface area (Å²) < 4.78 is 5.12. The van der Waals surface area contributed by atoms with Crippen LogP contribution in [0.3, 0.4) is 0 Å². The van der Waals surface area contributed by atoms with Gasteiger partial charge >= 0.3 is 0 Å². The molecule has 2 unspecified atom stereocenters. The van der Waals surface area contributed by atoms with Crippen LogP contribution in [-0.2, 0) is 0 Å². The highest BCUT2D eigenvalue weighted by Crippen LogP contribution is 2.63. The fourth-order valence-corrected chi connectivity index (χ4v) is 4.00. The Hall–Kier alpha value is -1.91. The standard InChI is InChI=1S/C17H23N3O2/c1-16(2)11-7-8-17(16,3)13(10-11)19-20-14(21)12-6-5-9-18-15(12)22-4/h5-6,9,11H,7-8,10H2,1-4H3,(H,20,21)/b19-13-. The van der Waals surface area contributed by atoms with Crippen molar-refractivity contribution in [2.24, 2.45) is 21.8 Å². The van der Waals surface area contributed by atoms with Gasteiger partial charge in [0, 0.05) is 17.3 Å². The average molecular weight is 301 g/mol. The topological polar surface area (TPSA) is 63.6 Å². The number of hydrogen-bond donors (Lipinski definition) is 1. The molecule has 0 aliphatic heterocycles. The predicted octanol–water partition coefficient (Wildman–Crippen LogP) is 3.02. The summed E-state index contributed by atoms with van der Waals surface area (Å²) in [6.07, 6.45) is 4.98. The quantitative estimate of drug-likeness (QED) is 0.873. The van der Waals surface area contributed by atoms with Gasteiger partial charge in [0.15, 0.2) is 0 Å². The van der Waals surface area contributed by atoms with Gasteiger partial charge in [0.25, 0.3) is 5.91 Å². The number of aromatic nitrogens is 1. The van der Waals surface area contributed by atoms with Crippen molar-refractivity contribution in [1.82, 2.24) is 10.4 Å². The average Bonchev–Trinajstić information content (AvgIpc) is 2.85. The van der Waals surface area contributed by atoms with Gasteiger partial charge in [-0.15, -0.1) is 0 Å². The van der Waals surface area contributed by atoms with Crippen LogP contribution in [-0.4, -0.2) is 23.7 Å². The van der Waals surface area contributed by atoms with Gasteiger partial charge in [-0.2, -0.15) is 5.10 Å². The van der Waals surface area contributed by atoms with Crippen LogP contribution in [0.2, 0.25) is 0 Å². The van der Waals surface area contributed by atoms with Crippen molar-refractivity contribution >= 4 is 11.6 Å². The van der Waals surface area contributed by atoms with Crippen LogP contribution in [0.5, 0.6) is 5.88 Å². The molecule has 1 N–H and O–H groups in total. The van der Waals surface area contributed by atoms with E-state index in [4.69, 9.17) is 4.74 Å². The number of rotatable bonds is 3. The van der Waals surface area contributed by atoms with Crippen LogP contribution in [0.4, 0.5) is 0 Å². The first-order valence-electron chi connectivity index (χ1n) is 7.76. The monoisotopic (exact) mass is 301 g/mol. The van der Waals surface area contributed by atoms with Gasteiger partial charge in [0.2, 0.25) is 5.88 Å². The molecule has 0 radical (unpaired) electrons. The van der Waals surface area contributed by atoms with Gasteiger partial charge in [-0.3, -0.25) is 4.79 Å². The van der Waals surface area contributed by atoms with E-state index in [2.05, 4.69) is 36.3 Å². The third kappa shape index (κ3) is 2.02. The minimum atomic E-state index is -0.276. The molecule has 5 heteroatoms. The van der Waals surface area contributed by atoms with Crippen molar-refractivity contribution in [2.45, 2.75) is 40.0 Å². The van der Waals surface area contributed by atoms with Crippen molar-refractivity contribution in [3.63, 3.8) is 0 Å². The maximum Gasteiger partial charge on any atom is 0.276 e. The van der Waals surface area contributed by atoms with E-state index in [1.54, 1.807) is 18.3 Å². The molecule has 2 fully saturated rings. The molecule has 1 heterocycles. The van der Waals surface area contributed by atoms with Crippen molar-refractivity contribution in [3.05, 3.63) is 23.9 Å². The molecule has 2 aliphatic carbocycles. The Labute approximate surface area is 131 Å². The zero-order valence-electron chi connectivity index (χ0n) is 13.6. The molecule has 2 aliphatic rings. The second kappa shape index (κ2) is 5.07. The number of pyridine rings is 1. The number of carbonyl (C=O) groups excluding carboxylic acids is 1. The minimum Gasteiger partial charge on any atom is -0.480 e. The van der Waals surface area contributed by atoms with Crippen LogP contribution in [0.1, 0.15) is 50.4 Å². The fraction of sp³-hybridized carbons (Fsp3) is 0.588. The number of fused-ring (bicyclic) bond motifs is 2. The first-order chi connectivity index (χ1) is 10.4. The highest BCUT2D eigenvalue weighted by molar-refractivity contribution is 5.99. The Morgan fingerprint density at radius 2 is 2.23 bits per heavy atom. The highest BCUT2D eigenvalue weighted by atomic mass is 16.5. The summed E-state index contributed by atoms with van der Waals surface area (Å²) in [6.45, 7) is 6.91. The van der Waals surface area contributed by atoms with Crippen LogP contribution in [0.15, 0.2) is 23.4 Å². The lowest BCUT2D eigenvalue weighted by molar-refractivity contribution is 0.0950. The molecule has 22 heavy (non-hydrogen) atoms. The summed E-state index contributed by atoms with van der Waals surface area (Å²) in [7, 11) is 1.50. The minimum absolute atomic E-state index is 0.0873. The van der Waals surface area contributed by atoms with E-state index >= 15 is 0 Å². The van der Waals surface area contributed by atoms with E-state index in [-0.39, 0.29) is 16.7 Å². The van der Waals surface area contributed by atoms with Gasteiger partial charge < -0.3 is 4.74 Å². The molecule has 118 valence electrons. The maximum absolute atomic E-state index is 12.3. The lowest BCUT2D eigenvalue weighted by Gasteiger charge is -2.34. The number of nitrogens with zero attached hydrogens (tertiary/aromatic N) is 2. The number of nitrogens with one attached hydrogen (secondary N) is 1. The Bertz CT molecular complexity index is 639. The summed E-state index contributed by atoms with van der Waals surface area (Å²) in [5.41, 5.74) is 4.55. The van der Waals surface area contributed by atoms with E-state index in [0.717, 1.165) is 18.6 Å². The summed E-state index contributed by atoms with van der Waals surface area (Å²) in [5.74, 6) is 0.711. The largest absolute Gasteiger partial charge is 0.480 e. The summed E-state index contributed by atoms with van der Waals surface area (Å²) >= 11 is 0. The number of ether oxygens (including phenoxy) is 1. The molecular weight excluding hydrogens is 278 g/mol. The smallest absolute Gasteiger partial charge is 0.276 e. The molecule has 2 saturated carbocycles. The molecule has 2 bridgehead atoms. The maximum atomic E-state index is 12.3. The molecule has 0 spiro atoms. The number of carbonyl (C=O) groups is 1. The molecule has 2 atom stereocenters. The van der Waals surface area contributed by atoms with Crippen LogP contribution in [0, 0.1) is 16.7 Å². The molecule has 1 aromatic rings. The Morgan fingerprint density at radius 3 is 2.82 bits per heavy atom. The third-order valence-corrected chi connectivity index (χ3v) is 6.01. The molecule has 1 amide bonds. The SMILES string of the molecule is COc1ncccc1C(=O)N/N=C1/CC2CCC1(C)C2(C)C. The van der Waals surface area contributed by atoms with Crippen LogP contribution in [0.25, 0.3) is 0 Å². The van der Waals surface area contributed by atoms with E-state index in [9.17, 15) is 4.79 Å². The first-order valence-corrected chi connectivity index (χ1v) is 7.76. The van der Waals surface area contributed by atoms with Gasteiger partial charge in [0.05, 0.1) is 7.11 Å². The molecule has 0 aromatic carbocycles. The normalized spacial score (nSPS) is 30.5. The van der Waals surface area contributed by atoms with Crippen molar-refractivity contribution in [2.75, 3.05) is 7.11 Å². The molecule has 0 saturated heterocycles. The van der Waals surface area contributed by atoms with Gasteiger partial charge in [0.1, 0.15) is 5.56 Å². The number of hydrogen-bond acceptors (Lipinski definition) is 4. The fourth-order valence-electron chi connectivity index (χ4n) is 4.00. The Morgan fingerprint density at radius 1 is 1.45 bits per heavy atom. The lowest BCUT2D eigenvalue weighted by atomic mass is 9.70. The molecule has 3 rings (SSSR count). The second-order valence-corrected chi connectivity index (χ2v) is 7.05. The predicted molar refractivity (Wildman–Crippen MR) is 84.9 cm³/mol. The Balaban J connectivity index is 1.80. The van der Waals surface area contributed by atoms with E-state index in [1.807, 2.05) is 0 Å². The molecule has 1 aromatic heterocycles. The van der Waals surface area contributed by atoms with Crippen molar-refractivity contribution in [3.8, 4) is 5.88 Å². The van der Waals surface area contributed by atoms with Gasteiger partial charge in [-0.25, -0.2) is 10.4 Å². The van der Waals surface area contributed by atoms with Gasteiger partial charge in [-0.05, 0) is 42.7 Å². The van der Waals surface area contributed by atoms with Crippen molar-refractivity contribution < 1.29 is 9.53 Å². The first kappa shape index (κ1) is 15.0. The van der Waals surface area contributed by atoms with E-state index in [1.165, 1.54) is 13.5 Å². The third-order valence-electron chi connectivity index (χ3n) is 6.01. The number of hydrazone groups is 1. The summed E-state index contributed by atoms with van der Waals surface area (Å²) in [6, 6.07) is 3.40. The summed E-state index contributed by atoms with van der Waals surface area (Å²) in [5, 5.41) is 4.46. The van der Waals surface area contributed by atoms with Crippen LogP contribution >= 0.6 is 0 Å². The zero-order valence-corrected chi connectivity index (χ0v) is 13.6. The van der Waals surface area contributed by atoms with Gasteiger partial charge in [-0.1, -0.05) is 20.8 Å². The lowest BCUT2D eigenvalue weighted by Crippen LogP contribution is -2.34. The highest BCUT2D eigenvalue weighted by Gasteiger charge is 2.60. The van der Waals surface area contributed by atoms with Crippen molar-refractivity contribution in [1.29, 1.82) is 0 Å². The number of methoxy groups -OCH3 is 1. The summed E-state index contributed by atoms with van der Waals surface area (Å²) in [4.78, 5) is 16.4. The Kier molecular flexibility index (Phi) is 3.46. The second-order valence-electron chi connectivity index (χ2n) is 7.05. The number of amides is 1.